The molecule has 1 aromatic rings. The minimum Gasteiger partial charge on any atom is -0.480 e. The zero-order valence-corrected chi connectivity index (χ0v) is 11.1. The third kappa shape index (κ3) is 2.77. The summed E-state index contributed by atoms with van der Waals surface area (Å²) in [6.07, 6.45) is 2.15. The van der Waals surface area contributed by atoms with E-state index in [0.29, 0.717) is 18.7 Å². The van der Waals surface area contributed by atoms with Crippen LogP contribution < -0.4 is 0 Å². The zero-order chi connectivity index (χ0) is 14.0. The van der Waals surface area contributed by atoms with Crippen molar-refractivity contribution in [2.75, 3.05) is 6.54 Å². The van der Waals surface area contributed by atoms with Crippen LogP contribution in [0.5, 0.6) is 0 Å². The lowest BCUT2D eigenvalue weighted by Crippen LogP contribution is -2.48. The molecule has 1 N–H and O–H groups in total. The molecule has 1 aliphatic heterocycles. The number of nitrogens with zero attached hydrogens (tertiary/aromatic N) is 2. The fourth-order valence-corrected chi connectivity index (χ4v) is 2.24. The monoisotopic (exact) mass is 266 g/mol. The Hall–Kier alpha value is -1.85. The van der Waals surface area contributed by atoms with Crippen molar-refractivity contribution in [1.29, 1.82) is 0 Å². The van der Waals surface area contributed by atoms with Crippen molar-refractivity contribution in [1.82, 2.24) is 10.1 Å². The Morgan fingerprint density at radius 3 is 2.79 bits per heavy atom. The van der Waals surface area contributed by atoms with E-state index in [-0.39, 0.29) is 17.5 Å². The van der Waals surface area contributed by atoms with E-state index in [0.717, 1.165) is 12.8 Å². The van der Waals surface area contributed by atoms with Crippen LogP contribution in [0.15, 0.2) is 10.6 Å². The Kier molecular flexibility index (Phi) is 3.87. The molecule has 19 heavy (non-hydrogen) atoms. The van der Waals surface area contributed by atoms with Gasteiger partial charge in [-0.1, -0.05) is 19.0 Å². The Bertz CT molecular complexity index is 481. The van der Waals surface area contributed by atoms with Crippen LogP contribution in [0.3, 0.4) is 0 Å². The zero-order valence-electron chi connectivity index (χ0n) is 11.1. The molecule has 1 aliphatic rings. The Morgan fingerprint density at radius 1 is 1.47 bits per heavy atom. The lowest BCUT2D eigenvalue weighted by atomic mass is 10.0. The van der Waals surface area contributed by atoms with Crippen molar-refractivity contribution in [2.24, 2.45) is 0 Å². The summed E-state index contributed by atoms with van der Waals surface area (Å²) >= 11 is 0. The van der Waals surface area contributed by atoms with Crippen molar-refractivity contribution < 1.29 is 19.2 Å². The van der Waals surface area contributed by atoms with Gasteiger partial charge in [0.1, 0.15) is 11.8 Å². The molecule has 1 saturated heterocycles. The number of hydrogen-bond donors (Lipinski definition) is 1. The predicted molar refractivity (Wildman–Crippen MR) is 66.9 cm³/mol. The molecule has 6 heteroatoms. The van der Waals surface area contributed by atoms with Crippen LogP contribution >= 0.6 is 0 Å². The number of likely N-dealkylation sites (tertiary alicyclic amines) is 1. The first-order valence-corrected chi connectivity index (χ1v) is 6.51. The van der Waals surface area contributed by atoms with Crippen LogP contribution in [0.1, 0.15) is 55.3 Å². The third-order valence-electron chi connectivity index (χ3n) is 3.37. The summed E-state index contributed by atoms with van der Waals surface area (Å²) < 4.78 is 5.09. The van der Waals surface area contributed by atoms with Gasteiger partial charge in [0.05, 0.1) is 0 Å². The molecular weight excluding hydrogens is 248 g/mol. The fraction of sp³-hybridized carbons (Fsp3) is 0.615. The average Bonchev–Trinajstić information content (AvgIpc) is 2.87. The first kappa shape index (κ1) is 13.6. The molecule has 0 saturated carbocycles. The SMILES string of the molecule is CC(C)c1cc(C(=O)N2CCCC[C@@H]2C(=O)O)no1. The minimum atomic E-state index is -0.958. The van der Waals surface area contributed by atoms with Gasteiger partial charge in [-0.3, -0.25) is 4.79 Å². The Morgan fingerprint density at radius 2 is 2.21 bits per heavy atom. The molecule has 6 nitrogen and oxygen atoms in total. The number of hydrogen-bond acceptors (Lipinski definition) is 4. The molecule has 2 heterocycles. The molecule has 2 rings (SSSR count). The first-order valence-electron chi connectivity index (χ1n) is 6.51. The van der Waals surface area contributed by atoms with Crippen molar-refractivity contribution in [3.05, 3.63) is 17.5 Å². The van der Waals surface area contributed by atoms with E-state index >= 15 is 0 Å². The summed E-state index contributed by atoms with van der Waals surface area (Å²) in [6, 6.07) is 0.848. The topological polar surface area (TPSA) is 83.6 Å². The maximum absolute atomic E-state index is 12.3. The van der Waals surface area contributed by atoms with Gasteiger partial charge in [0, 0.05) is 18.5 Å². The standard InChI is InChI=1S/C13H18N2O4/c1-8(2)11-7-9(14-19-11)12(16)15-6-4-3-5-10(15)13(17)18/h7-8,10H,3-6H2,1-2H3,(H,17,18)/t10-/m1/s1. The van der Waals surface area contributed by atoms with Crippen LogP contribution in [-0.2, 0) is 4.79 Å². The van der Waals surface area contributed by atoms with Crippen molar-refractivity contribution in [3.63, 3.8) is 0 Å². The number of carboxylic acids is 1. The molecule has 1 aromatic heterocycles. The summed E-state index contributed by atoms with van der Waals surface area (Å²) in [6.45, 7) is 4.34. The van der Waals surface area contributed by atoms with Gasteiger partial charge in [-0.2, -0.15) is 0 Å². The van der Waals surface area contributed by atoms with Crippen molar-refractivity contribution in [3.8, 4) is 0 Å². The molecule has 0 spiro atoms. The van der Waals surface area contributed by atoms with E-state index in [9.17, 15) is 9.59 Å². The minimum absolute atomic E-state index is 0.144. The number of carbonyl (C=O) groups is 2. The fourth-order valence-electron chi connectivity index (χ4n) is 2.24. The first-order chi connectivity index (χ1) is 9.00. The largest absolute Gasteiger partial charge is 0.480 e. The van der Waals surface area contributed by atoms with Gasteiger partial charge >= 0.3 is 5.97 Å². The van der Waals surface area contributed by atoms with Crippen LogP contribution in [0.25, 0.3) is 0 Å². The summed E-state index contributed by atoms with van der Waals surface area (Å²) in [5.41, 5.74) is 0.192. The molecule has 0 unspecified atom stereocenters. The number of rotatable bonds is 3. The predicted octanol–water partition coefficient (Wildman–Crippen LogP) is 1.88. The maximum Gasteiger partial charge on any atom is 0.326 e. The van der Waals surface area contributed by atoms with E-state index in [1.165, 1.54) is 4.90 Å². The lowest BCUT2D eigenvalue weighted by Gasteiger charge is -2.32. The third-order valence-corrected chi connectivity index (χ3v) is 3.37. The Labute approximate surface area is 111 Å². The lowest BCUT2D eigenvalue weighted by molar-refractivity contribution is -0.143. The molecule has 0 radical (unpaired) electrons. The summed E-state index contributed by atoms with van der Waals surface area (Å²) in [5, 5.41) is 12.9. The highest BCUT2D eigenvalue weighted by Gasteiger charge is 2.33. The second-order valence-corrected chi connectivity index (χ2v) is 5.12. The number of carbonyl (C=O) groups excluding carboxylic acids is 1. The van der Waals surface area contributed by atoms with E-state index < -0.39 is 12.0 Å². The summed E-state index contributed by atoms with van der Waals surface area (Å²) in [5.74, 6) is -0.540. The second-order valence-electron chi connectivity index (χ2n) is 5.12. The number of carboxylic acid groups (broad SMARTS) is 1. The van der Waals surface area contributed by atoms with Crippen molar-refractivity contribution in [2.45, 2.75) is 45.1 Å². The second kappa shape index (κ2) is 5.42. The number of aromatic nitrogens is 1. The van der Waals surface area contributed by atoms with Crippen molar-refractivity contribution >= 4 is 11.9 Å². The molecule has 1 atom stereocenters. The molecule has 104 valence electrons. The van der Waals surface area contributed by atoms with Gasteiger partial charge in [0.25, 0.3) is 5.91 Å². The molecule has 1 fully saturated rings. The normalized spacial score (nSPS) is 19.7. The van der Waals surface area contributed by atoms with E-state index in [4.69, 9.17) is 9.63 Å². The van der Waals surface area contributed by atoms with E-state index in [1.807, 2.05) is 13.8 Å². The average molecular weight is 266 g/mol. The van der Waals surface area contributed by atoms with Gasteiger partial charge in [-0.25, -0.2) is 4.79 Å². The Balaban J connectivity index is 2.18. The highest BCUT2D eigenvalue weighted by Crippen LogP contribution is 2.21. The van der Waals surface area contributed by atoms with Gasteiger partial charge in [-0.15, -0.1) is 0 Å². The highest BCUT2D eigenvalue weighted by molar-refractivity contribution is 5.95. The van der Waals surface area contributed by atoms with E-state index in [1.54, 1.807) is 6.07 Å². The molecular formula is C13H18N2O4. The van der Waals surface area contributed by atoms with Gasteiger partial charge in [0.15, 0.2) is 5.69 Å². The van der Waals surface area contributed by atoms with Gasteiger partial charge in [0.2, 0.25) is 0 Å². The quantitative estimate of drug-likeness (QED) is 0.903. The molecule has 0 aromatic carbocycles. The maximum atomic E-state index is 12.3. The highest BCUT2D eigenvalue weighted by atomic mass is 16.5. The van der Waals surface area contributed by atoms with Crippen LogP contribution in [0.4, 0.5) is 0 Å². The van der Waals surface area contributed by atoms with E-state index in [2.05, 4.69) is 5.16 Å². The molecule has 0 aliphatic carbocycles. The summed E-state index contributed by atoms with van der Waals surface area (Å²) in [7, 11) is 0. The molecule has 0 bridgehead atoms. The van der Waals surface area contributed by atoms with Gasteiger partial charge < -0.3 is 14.5 Å². The smallest absolute Gasteiger partial charge is 0.326 e. The number of amides is 1. The van der Waals surface area contributed by atoms with Crippen LogP contribution in [0.2, 0.25) is 0 Å². The molecule has 1 amide bonds. The van der Waals surface area contributed by atoms with Gasteiger partial charge in [-0.05, 0) is 19.3 Å². The summed E-state index contributed by atoms with van der Waals surface area (Å²) in [4.78, 5) is 24.8. The van der Waals surface area contributed by atoms with Crippen LogP contribution in [0, 0.1) is 0 Å². The van der Waals surface area contributed by atoms with Crippen LogP contribution in [-0.4, -0.2) is 39.6 Å². The number of piperidine rings is 1. The number of aliphatic carboxylic acids is 1.